The Labute approximate surface area is 138 Å². The molecular weight excluding hydrogens is 286 g/mol. The molecule has 0 bridgehead atoms. The minimum absolute atomic E-state index is 0.430. The van der Waals surface area contributed by atoms with Crippen LogP contribution < -0.4 is 10.1 Å². The average Bonchev–Trinajstić information content (AvgIpc) is 2.63. The third-order valence-electron chi connectivity index (χ3n) is 4.30. The van der Waals surface area contributed by atoms with Crippen LogP contribution in [0.2, 0.25) is 0 Å². The van der Waals surface area contributed by atoms with Crippen molar-refractivity contribution in [3.05, 3.63) is 60.4 Å². The third-order valence-corrected chi connectivity index (χ3v) is 4.30. The van der Waals surface area contributed by atoms with E-state index in [-0.39, 0.29) is 0 Å². The van der Waals surface area contributed by atoms with Gasteiger partial charge < -0.3 is 10.1 Å². The highest BCUT2D eigenvalue weighted by molar-refractivity contribution is 5.16. The lowest BCUT2D eigenvalue weighted by atomic mass is 10.1. The van der Waals surface area contributed by atoms with Gasteiger partial charge in [-0.25, -0.2) is 0 Å². The van der Waals surface area contributed by atoms with Gasteiger partial charge in [-0.3, -0.25) is 9.88 Å². The number of aromatic nitrogens is 1. The Balaban J connectivity index is 1.46. The van der Waals surface area contributed by atoms with E-state index < -0.39 is 0 Å². The highest BCUT2D eigenvalue weighted by Gasteiger charge is 2.22. The van der Waals surface area contributed by atoms with Crippen LogP contribution in [0.5, 0.6) is 5.75 Å². The molecule has 2 aromatic rings. The summed E-state index contributed by atoms with van der Waals surface area (Å²) < 4.78 is 5.90. The molecule has 1 atom stereocenters. The number of hydrogen-bond acceptors (Lipinski definition) is 4. The van der Waals surface area contributed by atoms with E-state index in [9.17, 15) is 0 Å². The molecule has 23 heavy (non-hydrogen) atoms. The summed E-state index contributed by atoms with van der Waals surface area (Å²) in [6, 6.07) is 15.0. The number of aryl methyl sites for hydroxylation is 1. The largest absolute Gasteiger partial charge is 0.490 e. The maximum Gasteiger partial charge on any atom is 0.137 e. The van der Waals surface area contributed by atoms with Gasteiger partial charge in [0.15, 0.2) is 0 Å². The van der Waals surface area contributed by atoms with Crippen molar-refractivity contribution < 1.29 is 4.74 Å². The summed E-state index contributed by atoms with van der Waals surface area (Å²) in [5.74, 6) is 0.849. The van der Waals surface area contributed by atoms with Gasteiger partial charge in [0, 0.05) is 25.8 Å². The van der Waals surface area contributed by atoms with E-state index >= 15 is 0 Å². The number of benzene rings is 1. The van der Waals surface area contributed by atoms with Crippen LogP contribution in [0, 0.1) is 0 Å². The Morgan fingerprint density at radius 3 is 2.91 bits per heavy atom. The molecule has 1 fully saturated rings. The van der Waals surface area contributed by atoms with E-state index in [1.807, 2.05) is 12.1 Å². The first-order chi connectivity index (χ1) is 11.4. The van der Waals surface area contributed by atoms with Gasteiger partial charge in [-0.1, -0.05) is 30.3 Å². The van der Waals surface area contributed by atoms with Gasteiger partial charge in [0.05, 0.1) is 12.2 Å². The smallest absolute Gasteiger partial charge is 0.137 e. The van der Waals surface area contributed by atoms with Crippen molar-refractivity contribution >= 4 is 0 Å². The number of piperazine rings is 1. The first-order valence-electron chi connectivity index (χ1n) is 8.43. The number of hydrogen-bond donors (Lipinski definition) is 1. The Morgan fingerprint density at radius 2 is 2.09 bits per heavy atom. The standard InChI is InChI=1S/C19H25N3O/c1-2-6-17(7-3-1)8-5-12-22-13-11-21-14-18(22)16-23-19-9-4-10-20-15-19/h1-4,6-7,9-10,15,18,21H,5,8,11-14,16H2. The molecule has 0 spiro atoms. The fraction of sp³-hybridized carbons (Fsp3) is 0.421. The Bertz CT molecular complexity index is 561. The molecule has 0 aliphatic carbocycles. The van der Waals surface area contributed by atoms with Gasteiger partial charge in [-0.2, -0.15) is 0 Å². The maximum atomic E-state index is 5.90. The van der Waals surface area contributed by atoms with Crippen molar-refractivity contribution in [1.29, 1.82) is 0 Å². The molecule has 1 aliphatic rings. The molecule has 0 radical (unpaired) electrons. The van der Waals surface area contributed by atoms with E-state index in [2.05, 4.69) is 45.5 Å². The van der Waals surface area contributed by atoms with Crippen LogP contribution >= 0.6 is 0 Å². The molecule has 4 nitrogen and oxygen atoms in total. The first-order valence-corrected chi connectivity index (χ1v) is 8.43. The van der Waals surface area contributed by atoms with Gasteiger partial charge >= 0.3 is 0 Å². The van der Waals surface area contributed by atoms with Crippen molar-refractivity contribution in [2.45, 2.75) is 18.9 Å². The van der Waals surface area contributed by atoms with Crippen LogP contribution in [0.25, 0.3) is 0 Å². The second kappa shape index (κ2) is 8.65. The quantitative estimate of drug-likeness (QED) is 0.852. The van der Waals surface area contributed by atoms with Crippen LogP contribution in [0.1, 0.15) is 12.0 Å². The number of ether oxygens (including phenoxy) is 1. The molecule has 4 heteroatoms. The van der Waals surface area contributed by atoms with Gasteiger partial charge in [0.2, 0.25) is 0 Å². The number of pyridine rings is 1. The van der Waals surface area contributed by atoms with Crippen molar-refractivity contribution in [2.75, 3.05) is 32.8 Å². The fourth-order valence-corrected chi connectivity index (χ4v) is 3.02. The molecule has 122 valence electrons. The molecule has 1 N–H and O–H groups in total. The predicted octanol–water partition coefficient (Wildman–Crippen LogP) is 2.37. The van der Waals surface area contributed by atoms with Crippen LogP contribution in [0.4, 0.5) is 0 Å². The van der Waals surface area contributed by atoms with Crippen molar-refractivity contribution in [3.63, 3.8) is 0 Å². The van der Waals surface area contributed by atoms with E-state index in [1.165, 1.54) is 12.0 Å². The van der Waals surface area contributed by atoms with Crippen molar-refractivity contribution in [3.8, 4) is 5.75 Å². The SMILES string of the molecule is c1ccc(CCCN2CCNCC2COc2cccnc2)cc1. The van der Waals surface area contributed by atoms with E-state index in [0.29, 0.717) is 12.6 Å². The van der Waals surface area contributed by atoms with Gasteiger partial charge in [-0.05, 0) is 37.1 Å². The lowest BCUT2D eigenvalue weighted by Crippen LogP contribution is -2.53. The zero-order valence-corrected chi connectivity index (χ0v) is 13.5. The fourth-order valence-electron chi connectivity index (χ4n) is 3.02. The number of rotatable bonds is 7. The van der Waals surface area contributed by atoms with Crippen LogP contribution in [0.15, 0.2) is 54.9 Å². The van der Waals surface area contributed by atoms with E-state index in [0.717, 1.165) is 38.3 Å². The molecule has 1 saturated heterocycles. The second-order valence-electron chi connectivity index (χ2n) is 5.98. The summed E-state index contributed by atoms with van der Waals surface area (Å²) in [5.41, 5.74) is 1.42. The average molecular weight is 311 g/mol. The third kappa shape index (κ3) is 5.05. The van der Waals surface area contributed by atoms with Crippen LogP contribution in [-0.4, -0.2) is 48.7 Å². The molecule has 0 saturated carbocycles. The molecule has 1 aromatic carbocycles. The Kier molecular flexibility index (Phi) is 6.01. The van der Waals surface area contributed by atoms with Crippen molar-refractivity contribution in [2.24, 2.45) is 0 Å². The molecule has 0 amide bonds. The normalized spacial score (nSPS) is 18.7. The molecule has 3 rings (SSSR count). The minimum Gasteiger partial charge on any atom is -0.490 e. The number of nitrogens with zero attached hydrogens (tertiary/aromatic N) is 2. The minimum atomic E-state index is 0.430. The molecule has 2 heterocycles. The van der Waals surface area contributed by atoms with Crippen molar-refractivity contribution in [1.82, 2.24) is 15.2 Å². The number of nitrogens with one attached hydrogen (secondary N) is 1. The zero-order valence-electron chi connectivity index (χ0n) is 13.5. The molecule has 1 aliphatic heterocycles. The highest BCUT2D eigenvalue weighted by atomic mass is 16.5. The highest BCUT2D eigenvalue weighted by Crippen LogP contribution is 2.11. The summed E-state index contributed by atoms with van der Waals surface area (Å²) in [5, 5.41) is 3.47. The topological polar surface area (TPSA) is 37.4 Å². The van der Waals surface area contributed by atoms with E-state index in [4.69, 9.17) is 4.74 Å². The lowest BCUT2D eigenvalue weighted by Gasteiger charge is -2.36. The Morgan fingerprint density at radius 1 is 1.17 bits per heavy atom. The van der Waals surface area contributed by atoms with Gasteiger partial charge in [-0.15, -0.1) is 0 Å². The van der Waals surface area contributed by atoms with E-state index in [1.54, 1.807) is 12.4 Å². The van der Waals surface area contributed by atoms with Gasteiger partial charge in [0.1, 0.15) is 12.4 Å². The Hall–Kier alpha value is -1.91. The van der Waals surface area contributed by atoms with Crippen LogP contribution in [0.3, 0.4) is 0 Å². The maximum absolute atomic E-state index is 5.90. The summed E-state index contributed by atoms with van der Waals surface area (Å²) in [4.78, 5) is 6.65. The summed E-state index contributed by atoms with van der Waals surface area (Å²) in [7, 11) is 0. The molecular formula is C19H25N3O. The summed E-state index contributed by atoms with van der Waals surface area (Å²) in [6.07, 6.45) is 5.87. The summed E-state index contributed by atoms with van der Waals surface area (Å²) in [6.45, 7) is 4.98. The predicted molar refractivity (Wildman–Crippen MR) is 92.7 cm³/mol. The second-order valence-corrected chi connectivity index (χ2v) is 5.98. The monoisotopic (exact) mass is 311 g/mol. The van der Waals surface area contributed by atoms with Gasteiger partial charge in [0.25, 0.3) is 0 Å². The zero-order chi connectivity index (χ0) is 15.7. The molecule has 1 aromatic heterocycles. The summed E-state index contributed by atoms with van der Waals surface area (Å²) >= 11 is 0. The van der Waals surface area contributed by atoms with Crippen LogP contribution in [-0.2, 0) is 6.42 Å². The molecule has 1 unspecified atom stereocenters. The first kappa shape index (κ1) is 16.0. The lowest BCUT2D eigenvalue weighted by molar-refractivity contribution is 0.109.